The van der Waals surface area contributed by atoms with E-state index in [-0.39, 0.29) is 5.92 Å². The fourth-order valence-corrected chi connectivity index (χ4v) is 4.06. The molecule has 3 aliphatic rings. The summed E-state index contributed by atoms with van der Waals surface area (Å²) in [6.45, 7) is 0. The lowest BCUT2D eigenvalue weighted by atomic mass is 9.80. The third-order valence-electron chi connectivity index (χ3n) is 4.56. The SMILES string of the molecule is OC1CC2C3CCC(C3)C2C1(O)O. The Kier molecular flexibility index (Phi) is 1.43. The summed E-state index contributed by atoms with van der Waals surface area (Å²) in [5, 5.41) is 29.0. The number of fused-ring (bicyclic) bond motifs is 5. The molecule has 0 aliphatic heterocycles. The van der Waals surface area contributed by atoms with Crippen LogP contribution in [0.25, 0.3) is 0 Å². The Labute approximate surface area is 77.4 Å². The van der Waals surface area contributed by atoms with E-state index >= 15 is 0 Å². The minimum atomic E-state index is -1.79. The fourth-order valence-electron chi connectivity index (χ4n) is 4.06. The topological polar surface area (TPSA) is 60.7 Å². The van der Waals surface area contributed by atoms with Crippen molar-refractivity contribution in [2.45, 2.75) is 37.6 Å². The molecule has 5 unspecified atom stereocenters. The van der Waals surface area contributed by atoms with E-state index < -0.39 is 11.9 Å². The van der Waals surface area contributed by atoms with Crippen molar-refractivity contribution in [3.8, 4) is 0 Å². The van der Waals surface area contributed by atoms with Crippen LogP contribution in [-0.4, -0.2) is 27.2 Å². The van der Waals surface area contributed by atoms with Crippen molar-refractivity contribution in [2.75, 3.05) is 0 Å². The zero-order chi connectivity index (χ0) is 9.22. The van der Waals surface area contributed by atoms with Crippen molar-refractivity contribution >= 4 is 0 Å². The first-order chi connectivity index (χ1) is 6.10. The Morgan fingerprint density at radius 3 is 2.38 bits per heavy atom. The number of rotatable bonds is 0. The molecule has 0 aromatic carbocycles. The van der Waals surface area contributed by atoms with Crippen LogP contribution in [0.15, 0.2) is 0 Å². The molecule has 3 aliphatic carbocycles. The molecule has 0 aromatic heterocycles. The van der Waals surface area contributed by atoms with E-state index in [1.165, 1.54) is 6.42 Å². The summed E-state index contributed by atoms with van der Waals surface area (Å²) in [7, 11) is 0. The average molecular weight is 184 g/mol. The second kappa shape index (κ2) is 2.27. The second-order valence-electron chi connectivity index (χ2n) is 5.06. The molecule has 0 aromatic rings. The Hall–Kier alpha value is -0.120. The van der Waals surface area contributed by atoms with E-state index in [1.54, 1.807) is 0 Å². The van der Waals surface area contributed by atoms with Crippen LogP contribution in [-0.2, 0) is 0 Å². The maximum atomic E-state index is 9.76. The lowest BCUT2D eigenvalue weighted by molar-refractivity contribution is -0.243. The molecule has 0 radical (unpaired) electrons. The Balaban J connectivity index is 1.96. The second-order valence-corrected chi connectivity index (χ2v) is 5.06. The molecule has 3 rings (SSSR count). The van der Waals surface area contributed by atoms with E-state index in [9.17, 15) is 15.3 Å². The predicted octanol–water partition coefficient (Wildman–Crippen LogP) is 0.0942. The van der Waals surface area contributed by atoms with Gasteiger partial charge in [-0.05, 0) is 43.4 Å². The Morgan fingerprint density at radius 1 is 1.00 bits per heavy atom. The first kappa shape index (κ1) is 8.21. The molecule has 0 heterocycles. The third-order valence-corrected chi connectivity index (χ3v) is 4.56. The zero-order valence-electron chi connectivity index (χ0n) is 7.56. The highest BCUT2D eigenvalue weighted by Crippen LogP contribution is 2.61. The molecule has 3 heteroatoms. The molecule has 3 N–H and O–H groups in total. The lowest BCUT2D eigenvalue weighted by Gasteiger charge is -2.32. The number of aliphatic hydroxyl groups excluding tert-OH is 1. The van der Waals surface area contributed by atoms with Crippen LogP contribution in [0, 0.1) is 23.7 Å². The van der Waals surface area contributed by atoms with E-state index in [4.69, 9.17) is 0 Å². The third kappa shape index (κ3) is 0.853. The summed E-state index contributed by atoms with van der Waals surface area (Å²) in [4.78, 5) is 0. The molecule has 74 valence electrons. The van der Waals surface area contributed by atoms with Crippen LogP contribution in [0.3, 0.4) is 0 Å². The summed E-state index contributed by atoms with van der Waals surface area (Å²) in [6.07, 6.45) is 3.20. The molecular formula is C10H16O3. The minimum absolute atomic E-state index is 0.0405. The smallest absolute Gasteiger partial charge is 0.192 e. The largest absolute Gasteiger partial charge is 0.388 e. The monoisotopic (exact) mass is 184 g/mol. The normalized spacial score (nSPS) is 57.0. The number of aliphatic hydroxyl groups is 3. The summed E-state index contributed by atoms with van der Waals surface area (Å²) >= 11 is 0. The molecule has 0 amide bonds. The highest BCUT2D eigenvalue weighted by molar-refractivity contribution is 5.08. The number of hydrogen-bond donors (Lipinski definition) is 3. The van der Waals surface area contributed by atoms with Crippen LogP contribution in [0.2, 0.25) is 0 Å². The maximum absolute atomic E-state index is 9.76. The van der Waals surface area contributed by atoms with Crippen LogP contribution < -0.4 is 0 Å². The van der Waals surface area contributed by atoms with Gasteiger partial charge in [0.1, 0.15) is 6.10 Å². The summed E-state index contributed by atoms with van der Waals surface area (Å²) < 4.78 is 0. The van der Waals surface area contributed by atoms with E-state index in [1.807, 2.05) is 0 Å². The van der Waals surface area contributed by atoms with Crippen molar-refractivity contribution < 1.29 is 15.3 Å². The molecule has 13 heavy (non-hydrogen) atoms. The molecule has 0 saturated heterocycles. The first-order valence-corrected chi connectivity index (χ1v) is 5.23. The van der Waals surface area contributed by atoms with Crippen LogP contribution in [0.5, 0.6) is 0 Å². The van der Waals surface area contributed by atoms with Crippen molar-refractivity contribution in [3.63, 3.8) is 0 Å². The predicted molar refractivity (Wildman–Crippen MR) is 45.6 cm³/mol. The van der Waals surface area contributed by atoms with Gasteiger partial charge in [-0.15, -0.1) is 0 Å². The molecule has 2 bridgehead atoms. The van der Waals surface area contributed by atoms with Gasteiger partial charge in [0.2, 0.25) is 0 Å². The Morgan fingerprint density at radius 2 is 1.69 bits per heavy atom. The quantitative estimate of drug-likeness (QED) is 0.468. The number of hydrogen-bond acceptors (Lipinski definition) is 3. The van der Waals surface area contributed by atoms with Crippen molar-refractivity contribution in [3.05, 3.63) is 0 Å². The average Bonchev–Trinajstić information content (AvgIpc) is 2.66. The van der Waals surface area contributed by atoms with Crippen molar-refractivity contribution in [1.29, 1.82) is 0 Å². The summed E-state index contributed by atoms with van der Waals surface area (Å²) in [5.41, 5.74) is 0. The van der Waals surface area contributed by atoms with Gasteiger partial charge in [-0.3, -0.25) is 0 Å². The lowest BCUT2D eigenvalue weighted by Crippen LogP contribution is -2.45. The first-order valence-electron chi connectivity index (χ1n) is 5.23. The highest BCUT2D eigenvalue weighted by Gasteiger charge is 2.63. The van der Waals surface area contributed by atoms with Gasteiger partial charge in [0, 0.05) is 5.92 Å². The van der Waals surface area contributed by atoms with Crippen LogP contribution in [0.4, 0.5) is 0 Å². The standard InChI is InChI=1S/C10H16O3/c11-8-4-7-5-1-2-6(3-5)9(7)10(8,12)13/h5-9,11-13H,1-4H2. The molecule has 3 fully saturated rings. The maximum Gasteiger partial charge on any atom is 0.192 e. The molecular weight excluding hydrogens is 168 g/mol. The van der Waals surface area contributed by atoms with Gasteiger partial charge in [-0.1, -0.05) is 0 Å². The van der Waals surface area contributed by atoms with Crippen molar-refractivity contribution in [1.82, 2.24) is 0 Å². The minimum Gasteiger partial charge on any atom is -0.388 e. The van der Waals surface area contributed by atoms with Gasteiger partial charge in [0.25, 0.3) is 0 Å². The van der Waals surface area contributed by atoms with Gasteiger partial charge in [-0.2, -0.15) is 0 Å². The Bertz CT molecular complexity index is 238. The van der Waals surface area contributed by atoms with E-state index in [2.05, 4.69) is 0 Å². The molecule has 3 saturated carbocycles. The molecule has 5 atom stereocenters. The summed E-state index contributed by atoms with van der Waals surface area (Å²) in [6, 6.07) is 0. The summed E-state index contributed by atoms with van der Waals surface area (Å²) in [5.74, 6) is -0.331. The van der Waals surface area contributed by atoms with Gasteiger partial charge in [0.15, 0.2) is 5.79 Å². The highest BCUT2D eigenvalue weighted by atomic mass is 16.5. The van der Waals surface area contributed by atoms with E-state index in [0.717, 1.165) is 12.8 Å². The van der Waals surface area contributed by atoms with Crippen LogP contribution in [0.1, 0.15) is 25.7 Å². The van der Waals surface area contributed by atoms with Gasteiger partial charge in [-0.25, -0.2) is 0 Å². The van der Waals surface area contributed by atoms with Gasteiger partial charge in [0.05, 0.1) is 0 Å². The van der Waals surface area contributed by atoms with Crippen molar-refractivity contribution in [2.24, 2.45) is 23.7 Å². The van der Waals surface area contributed by atoms with Crippen LogP contribution >= 0.6 is 0 Å². The zero-order valence-corrected chi connectivity index (χ0v) is 7.56. The fraction of sp³-hybridized carbons (Fsp3) is 1.00. The molecule has 0 spiro atoms. The van der Waals surface area contributed by atoms with E-state index in [0.29, 0.717) is 24.2 Å². The van der Waals surface area contributed by atoms with Gasteiger partial charge < -0.3 is 15.3 Å². The van der Waals surface area contributed by atoms with Gasteiger partial charge >= 0.3 is 0 Å². The molecule has 3 nitrogen and oxygen atoms in total.